The summed E-state index contributed by atoms with van der Waals surface area (Å²) in [7, 11) is 5.64. The van der Waals surface area contributed by atoms with Crippen molar-refractivity contribution in [3.05, 3.63) is 53.6 Å². The summed E-state index contributed by atoms with van der Waals surface area (Å²) < 4.78 is 6.28. The lowest BCUT2D eigenvalue weighted by Crippen LogP contribution is -2.33. The van der Waals surface area contributed by atoms with E-state index in [2.05, 4.69) is 9.88 Å². The van der Waals surface area contributed by atoms with Crippen LogP contribution in [0.25, 0.3) is 10.2 Å². The van der Waals surface area contributed by atoms with Gasteiger partial charge in [-0.3, -0.25) is 14.5 Å². The quantitative estimate of drug-likeness (QED) is 0.475. The maximum Gasteiger partial charge on any atom is 0.260 e. The first-order valence-corrected chi connectivity index (χ1v) is 10.2. The molecule has 1 heterocycles. The van der Waals surface area contributed by atoms with Crippen LogP contribution in [0.3, 0.4) is 0 Å². The molecule has 0 aliphatic heterocycles. The van der Waals surface area contributed by atoms with Crippen LogP contribution in [0.2, 0.25) is 0 Å². The minimum atomic E-state index is -0.120. The fourth-order valence-electron chi connectivity index (χ4n) is 2.97. The molecule has 0 radical (unpaired) electrons. The highest BCUT2D eigenvalue weighted by atomic mass is 35.5. The number of halogens is 1. The topological polar surface area (TPSA) is 62.7 Å². The lowest BCUT2D eigenvalue weighted by molar-refractivity contribution is 0.0981. The molecule has 6 nitrogen and oxygen atoms in total. The normalized spacial score (nSPS) is 10.7. The summed E-state index contributed by atoms with van der Waals surface area (Å²) in [5.74, 6) is 0.594. The van der Waals surface area contributed by atoms with Crippen molar-refractivity contribution in [1.29, 1.82) is 0 Å². The summed E-state index contributed by atoms with van der Waals surface area (Å²) in [5.41, 5.74) is 1.94. The number of nitrogens with zero attached hydrogens (tertiary/aromatic N) is 3. The van der Waals surface area contributed by atoms with Crippen LogP contribution in [-0.2, 0) is 0 Å². The number of aromatic nitrogens is 1. The van der Waals surface area contributed by atoms with Crippen molar-refractivity contribution in [1.82, 2.24) is 9.88 Å². The molecule has 1 aromatic heterocycles. The van der Waals surface area contributed by atoms with E-state index in [1.165, 1.54) is 18.3 Å². The van der Waals surface area contributed by atoms with E-state index in [0.29, 0.717) is 22.8 Å². The highest BCUT2D eigenvalue weighted by molar-refractivity contribution is 7.22. The molecule has 0 atom stereocenters. The fourth-order valence-corrected chi connectivity index (χ4v) is 3.94. The Morgan fingerprint density at radius 2 is 1.70 bits per heavy atom. The van der Waals surface area contributed by atoms with E-state index >= 15 is 0 Å². The summed E-state index contributed by atoms with van der Waals surface area (Å²) in [4.78, 5) is 33.3. The van der Waals surface area contributed by atoms with Gasteiger partial charge in [-0.1, -0.05) is 23.5 Å². The van der Waals surface area contributed by atoms with Crippen LogP contribution < -0.4 is 9.64 Å². The van der Waals surface area contributed by atoms with Gasteiger partial charge >= 0.3 is 0 Å². The van der Waals surface area contributed by atoms with Gasteiger partial charge in [-0.05, 0) is 58.3 Å². The monoisotopic (exact) mass is 447 g/mol. The second-order valence-electron chi connectivity index (χ2n) is 7.08. The second-order valence-corrected chi connectivity index (χ2v) is 8.09. The maximum atomic E-state index is 13.3. The number of Topliss-reactive ketones (excluding diaryl/α,β-unsaturated/α-hetero) is 1. The Labute approximate surface area is 186 Å². The number of ketones is 1. The Bertz CT molecular complexity index is 1020. The number of hydrogen-bond donors (Lipinski definition) is 0. The highest BCUT2D eigenvalue weighted by Crippen LogP contribution is 2.32. The van der Waals surface area contributed by atoms with E-state index < -0.39 is 0 Å². The van der Waals surface area contributed by atoms with Gasteiger partial charge in [-0.25, -0.2) is 4.98 Å². The number of carbonyl (C=O) groups excluding carboxylic acids is 2. The molecule has 0 bridgehead atoms. The van der Waals surface area contributed by atoms with Crippen molar-refractivity contribution < 1.29 is 14.3 Å². The van der Waals surface area contributed by atoms with Gasteiger partial charge in [0.2, 0.25) is 0 Å². The van der Waals surface area contributed by atoms with Crippen LogP contribution in [-0.4, -0.2) is 55.9 Å². The van der Waals surface area contributed by atoms with Crippen molar-refractivity contribution in [2.75, 3.05) is 39.2 Å². The highest BCUT2D eigenvalue weighted by Gasteiger charge is 2.21. The van der Waals surface area contributed by atoms with E-state index in [0.717, 1.165) is 28.9 Å². The molecule has 3 rings (SSSR count). The molecule has 0 aliphatic rings. The maximum absolute atomic E-state index is 13.3. The molecule has 0 saturated heterocycles. The van der Waals surface area contributed by atoms with Gasteiger partial charge in [0, 0.05) is 23.7 Å². The minimum Gasteiger partial charge on any atom is -0.497 e. The molecule has 3 aromatic rings. The number of methoxy groups -OCH3 is 1. The molecule has 2 aromatic carbocycles. The van der Waals surface area contributed by atoms with Crippen LogP contribution in [0.5, 0.6) is 5.75 Å². The molecule has 1 amide bonds. The molecule has 0 aliphatic carbocycles. The lowest BCUT2D eigenvalue weighted by atomic mass is 10.1. The summed E-state index contributed by atoms with van der Waals surface area (Å²) in [6.45, 7) is 2.94. The average Bonchev–Trinajstić information content (AvgIpc) is 3.13. The minimum absolute atomic E-state index is 0. The number of rotatable bonds is 8. The number of ether oxygens (including phenoxy) is 1. The van der Waals surface area contributed by atoms with Crippen molar-refractivity contribution >= 4 is 50.8 Å². The number of thiazole rings is 1. The number of fused-ring (bicyclic) bond motifs is 1. The van der Waals surface area contributed by atoms with Crippen molar-refractivity contribution in [3.63, 3.8) is 0 Å². The smallest absolute Gasteiger partial charge is 0.260 e. The van der Waals surface area contributed by atoms with Gasteiger partial charge in [-0.15, -0.1) is 12.4 Å². The van der Waals surface area contributed by atoms with Gasteiger partial charge < -0.3 is 9.64 Å². The second kappa shape index (κ2) is 10.5. The Balaban J connectivity index is 0.00000320. The summed E-state index contributed by atoms with van der Waals surface area (Å²) in [6, 6.07) is 12.5. The van der Waals surface area contributed by atoms with Crippen molar-refractivity contribution in [3.8, 4) is 5.75 Å². The number of carbonyl (C=O) groups is 2. The van der Waals surface area contributed by atoms with Crippen molar-refractivity contribution in [2.24, 2.45) is 0 Å². The Morgan fingerprint density at radius 3 is 2.30 bits per heavy atom. The molecule has 0 fully saturated rings. The van der Waals surface area contributed by atoms with Crippen LogP contribution in [0.4, 0.5) is 5.13 Å². The van der Waals surface area contributed by atoms with Crippen LogP contribution in [0.1, 0.15) is 34.1 Å². The number of benzene rings is 2. The van der Waals surface area contributed by atoms with E-state index in [1.807, 2.05) is 32.3 Å². The summed E-state index contributed by atoms with van der Waals surface area (Å²) in [6.07, 6.45) is 0.823. The predicted octanol–water partition coefficient (Wildman–Crippen LogP) is 4.53. The number of amides is 1. The van der Waals surface area contributed by atoms with Gasteiger partial charge in [-0.2, -0.15) is 0 Å². The Kier molecular flexibility index (Phi) is 8.34. The third-order valence-corrected chi connectivity index (χ3v) is 5.64. The van der Waals surface area contributed by atoms with E-state index in [9.17, 15) is 9.59 Å². The zero-order chi connectivity index (χ0) is 21.0. The Morgan fingerprint density at radius 1 is 1.03 bits per heavy atom. The molecule has 30 heavy (non-hydrogen) atoms. The molecular weight excluding hydrogens is 422 g/mol. The largest absolute Gasteiger partial charge is 0.497 e. The molecule has 0 saturated carbocycles. The molecule has 160 valence electrons. The van der Waals surface area contributed by atoms with Gasteiger partial charge in [0.05, 0.1) is 17.3 Å². The van der Waals surface area contributed by atoms with Crippen LogP contribution in [0, 0.1) is 0 Å². The third-order valence-electron chi connectivity index (χ3n) is 4.58. The SMILES string of the molecule is COc1ccc2sc(N(CCCN(C)C)C(=O)c3ccc(C(C)=O)cc3)nc2c1.Cl. The first-order valence-electron chi connectivity index (χ1n) is 9.41. The molecule has 0 spiro atoms. The predicted molar refractivity (Wildman–Crippen MR) is 125 cm³/mol. The van der Waals surface area contributed by atoms with Gasteiger partial charge in [0.25, 0.3) is 5.91 Å². The Hall–Kier alpha value is -2.48. The first-order chi connectivity index (χ1) is 13.9. The summed E-state index contributed by atoms with van der Waals surface area (Å²) in [5, 5.41) is 0.660. The van der Waals surface area contributed by atoms with Crippen LogP contribution in [0.15, 0.2) is 42.5 Å². The fraction of sp³-hybridized carbons (Fsp3) is 0.318. The molecular formula is C22H26ClN3O3S. The lowest BCUT2D eigenvalue weighted by Gasteiger charge is -2.21. The molecule has 0 N–H and O–H groups in total. The zero-order valence-electron chi connectivity index (χ0n) is 17.5. The van der Waals surface area contributed by atoms with Gasteiger partial charge in [0.1, 0.15) is 5.75 Å². The first kappa shape index (κ1) is 23.8. The van der Waals surface area contributed by atoms with Gasteiger partial charge in [0.15, 0.2) is 10.9 Å². The molecule has 8 heteroatoms. The average molecular weight is 448 g/mol. The summed E-state index contributed by atoms with van der Waals surface area (Å²) >= 11 is 1.49. The number of hydrogen-bond acceptors (Lipinski definition) is 6. The third kappa shape index (κ3) is 5.56. The van der Waals surface area contributed by atoms with E-state index in [4.69, 9.17) is 4.74 Å². The van der Waals surface area contributed by atoms with Crippen LogP contribution >= 0.6 is 23.7 Å². The standard InChI is InChI=1S/C22H25N3O3S.ClH/c1-15(26)16-6-8-17(9-7-16)21(27)25(13-5-12-24(2)3)22-23-19-14-18(28-4)10-11-20(19)29-22;/h6-11,14H,5,12-13H2,1-4H3;1H. The van der Waals surface area contributed by atoms with E-state index in [-0.39, 0.29) is 24.1 Å². The molecule has 0 unspecified atom stereocenters. The van der Waals surface area contributed by atoms with Crippen molar-refractivity contribution in [2.45, 2.75) is 13.3 Å². The van der Waals surface area contributed by atoms with E-state index in [1.54, 1.807) is 36.3 Å². The number of anilines is 1. The zero-order valence-corrected chi connectivity index (χ0v) is 19.2.